The Kier molecular flexibility index (Phi) is 4.33. The number of nitriles is 2. The molecule has 3 rings (SSSR count). The van der Waals surface area contributed by atoms with E-state index in [9.17, 15) is 10.5 Å². The van der Waals surface area contributed by atoms with Crippen molar-refractivity contribution in [2.75, 3.05) is 0 Å². The highest BCUT2D eigenvalue weighted by Crippen LogP contribution is 2.30. The first-order chi connectivity index (χ1) is 12.0. The monoisotopic (exact) mass is 323 g/mol. The van der Waals surface area contributed by atoms with Gasteiger partial charge in [0.2, 0.25) is 0 Å². The van der Waals surface area contributed by atoms with Gasteiger partial charge in [0.05, 0.1) is 29.0 Å². The van der Waals surface area contributed by atoms with Crippen molar-refractivity contribution in [2.45, 2.75) is 20.8 Å². The molecule has 0 bridgehead atoms. The first kappa shape index (κ1) is 16.4. The number of nitrogens with zero attached hydrogens (tertiary/aromatic N) is 3. The maximum atomic E-state index is 9.22. The highest BCUT2D eigenvalue weighted by atomic mass is 14.7. The number of benzene rings is 2. The zero-order chi connectivity index (χ0) is 18.0. The van der Waals surface area contributed by atoms with Crippen molar-refractivity contribution in [1.82, 2.24) is 4.98 Å². The number of aromatic nitrogens is 1. The summed E-state index contributed by atoms with van der Waals surface area (Å²) >= 11 is 0. The van der Waals surface area contributed by atoms with Gasteiger partial charge in [0, 0.05) is 11.8 Å². The minimum atomic E-state index is 0.489. The predicted molar refractivity (Wildman–Crippen MR) is 98.8 cm³/mol. The highest BCUT2D eigenvalue weighted by Gasteiger charge is 2.09. The van der Waals surface area contributed by atoms with Gasteiger partial charge in [-0.25, -0.2) is 0 Å². The van der Waals surface area contributed by atoms with E-state index in [0.717, 1.165) is 33.5 Å². The molecule has 3 heteroatoms. The van der Waals surface area contributed by atoms with Gasteiger partial charge in [0.1, 0.15) is 0 Å². The van der Waals surface area contributed by atoms with Gasteiger partial charge < -0.3 is 0 Å². The van der Waals surface area contributed by atoms with Gasteiger partial charge in [-0.3, -0.25) is 4.98 Å². The molecule has 0 saturated carbocycles. The number of pyridine rings is 1. The Bertz CT molecular complexity index is 1020. The minimum Gasteiger partial charge on any atom is -0.256 e. The van der Waals surface area contributed by atoms with E-state index in [-0.39, 0.29) is 0 Å². The lowest BCUT2D eigenvalue weighted by molar-refractivity contribution is 1.22. The molecule has 3 aromatic rings. The Morgan fingerprint density at radius 3 is 2.00 bits per heavy atom. The Labute approximate surface area is 147 Å². The number of hydrogen-bond donors (Lipinski definition) is 0. The zero-order valence-corrected chi connectivity index (χ0v) is 14.5. The molecule has 0 amide bonds. The number of rotatable bonds is 2. The molecule has 2 aromatic carbocycles. The maximum Gasteiger partial charge on any atom is 0.0992 e. The lowest BCUT2D eigenvalue weighted by Crippen LogP contribution is -1.91. The molecule has 1 heterocycles. The van der Waals surface area contributed by atoms with E-state index in [1.165, 1.54) is 5.56 Å². The predicted octanol–water partition coefficient (Wildman–Crippen LogP) is 5.08. The Hall–Kier alpha value is -3.43. The second-order valence-electron chi connectivity index (χ2n) is 6.21. The smallest absolute Gasteiger partial charge is 0.0992 e. The van der Waals surface area contributed by atoms with E-state index in [4.69, 9.17) is 0 Å². The van der Waals surface area contributed by atoms with E-state index in [2.05, 4.69) is 42.2 Å². The molecule has 25 heavy (non-hydrogen) atoms. The third kappa shape index (κ3) is 3.27. The van der Waals surface area contributed by atoms with Gasteiger partial charge in [-0.1, -0.05) is 12.1 Å². The molecule has 3 nitrogen and oxygen atoms in total. The highest BCUT2D eigenvalue weighted by molar-refractivity contribution is 5.76. The normalized spacial score (nSPS) is 10.1. The van der Waals surface area contributed by atoms with Gasteiger partial charge in [-0.05, 0) is 78.9 Å². The van der Waals surface area contributed by atoms with Crippen LogP contribution < -0.4 is 0 Å². The first-order valence-electron chi connectivity index (χ1n) is 8.02. The van der Waals surface area contributed by atoms with Crippen LogP contribution in [0.4, 0.5) is 0 Å². The number of hydrogen-bond acceptors (Lipinski definition) is 3. The maximum absolute atomic E-state index is 9.22. The quantitative estimate of drug-likeness (QED) is 0.660. The Balaban J connectivity index is 2.17. The summed E-state index contributed by atoms with van der Waals surface area (Å²) in [5.74, 6) is 0. The molecule has 0 fully saturated rings. The lowest BCUT2D eigenvalue weighted by atomic mass is 9.94. The van der Waals surface area contributed by atoms with Crippen molar-refractivity contribution in [3.05, 3.63) is 76.5 Å². The molecule has 0 unspecified atom stereocenters. The van der Waals surface area contributed by atoms with Crippen molar-refractivity contribution in [2.24, 2.45) is 0 Å². The van der Waals surface area contributed by atoms with Crippen LogP contribution in [0.3, 0.4) is 0 Å². The first-order valence-corrected chi connectivity index (χ1v) is 8.02. The van der Waals surface area contributed by atoms with E-state index in [1.807, 2.05) is 38.2 Å². The third-order valence-electron chi connectivity index (χ3n) is 4.41. The van der Waals surface area contributed by atoms with Crippen molar-refractivity contribution in [3.8, 4) is 34.5 Å². The van der Waals surface area contributed by atoms with Crippen molar-refractivity contribution in [1.29, 1.82) is 10.5 Å². The van der Waals surface area contributed by atoms with Crippen LogP contribution >= 0.6 is 0 Å². The summed E-state index contributed by atoms with van der Waals surface area (Å²) < 4.78 is 0. The summed E-state index contributed by atoms with van der Waals surface area (Å²) in [6.45, 7) is 6.15. The minimum absolute atomic E-state index is 0.489. The topological polar surface area (TPSA) is 60.5 Å². The van der Waals surface area contributed by atoms with Crippen LogP contribution in [0.25, 0.3) is 22.4 Å². The molecule has 0 radical (unpaired) electrons. The fourth-order valence-electron chi connectivity index (χ4n) is 2.79. The standard InChI is InChI=1S/C22H17N3/c1-14-4-5-19(22-6-15(2)16(3)13-25-22)10-21(14)20-8-17(11-23)7-18(9-20)12-24/h4-10,13H,1-3H3. The fourth-order valence-corrected chi connectivity index (χ4v) is 2.79. The van der Waals surface area contributed by atoms with Crippen LogP contribution in [0.5, 0.6) is 0 Å². The lowest BCUT2D eigenvalue weighted by Gasteiger charge is -2.11. The summed E-state index contributed by atoms with van der Waals surface area (Å²) in [6, 6.07) is 17.8. The third-order valence-corrected chi connectivity index (χ3v) is 4.41. The van der Waals surface area contributed by atoms with Crippen molar-refractivity contribution in [3.63, 3.8) is 0 Å². The molecule has 0 spiro atoms. The molecule has 0 aliphatic rings. The molecule has 0 aliphatic heterocycles. The molecule has 0 atom stereocenters. The van der Waals surface area contributed by atoms with Gasteiger partial charge in [0.15, 0.2) is 0 Å². The van der Waals surface area contributed by atoms with Crippen molar-refractivity contribution < 1.29 is 0 Å². The average molecular weight is 323 g/mol. The molecule has 0 N–H and O–H groups in total. The van der Waals surface area contributed by atoms with Gasteiger partial charge in [-0.2, -0.15) is 10.5 Å². The van der Waals surface area contributed by atoms with Gasteiger partial charge in [-0.15, -0.1) is 0 Å². The zero-order valence-electron chi connectivity index (χ0n) is 14.5. The van der Waals surface area contributed by atoms with Crippen molar-refractivity contribution >= 4 is 0 Å². The van der Waals surface area contributed by atoms with Gasteiger partial charge >= 0.3 is 0 Å². The summed E-state index contributed by atoms with van der Waals surface area (Å²) in [6.07, 6.45) is 1.88. The van der Waals surface area contributed by atoms with Gasteiger partial charge in [0.25, 0.3) is 0 Å². The van der Waals surface area contributed by atoms with Crippen LogP contribution in [-0.4, -0.2) is 4.98 Å². The largest absolute Gasteiger partial charge is 0.256 e. The summed E-state index contributed by atoms with van der Waals surface area (Å²) in [4.78, 5) is 4.54. The van der Waals surface area contributed by atoms with Crippen LogP contribution in [0.15, 0.2) is 48.7 Å². The molecular formula is C22H17N3. The molecular weight excluding hydrogens is 306 g/mol. The van der Waals surface area contributed by atoms with E-state index < -0.39 is 0 Å². The van der Waals surface area contributed by atoms with Crippen LogP contribution in [0.2, 0.25) is 0 Å². The fraction of sp³-hybridized carbons (Fsp3) is 0.136. The molecule has 120 valence electrons. The number of aryl methyl sites for hydroxylation is 3. The summed E-state index contributed by atoms with van der Waals surface area (Å²) in [5.41, 5.74) is 8.25. The SMILES string of the molecule is Cc1cnc(-c2ccc(C)c(-c3cc(C#N)cc(C#N)c3)c2)cc1C. The van der Waals surface area contributed by atoms with E-state index in [0.29, 0.717) is 11.1 Å². The Morgan fingerprint density at radius 2 is 1.40 bits per heavy atom. The summed E-state index contributed by atoms with van der Waals surface area (Å²) in [5, 5.41) is 18.4. The van der Waals surface area contributed by atoms with Crippen LogP contribution in [-0.2, 0) is 0 Å². The van der Waals surface area contributed by atoms with Crippen LogP contribution in [0.1, 0.15) is 27.8 Å². The van der Waals surface area contributed by atoms with Crippen LogP contribution in [0, 0.1) is 43.4 Å². The molecule has 0 aliphatic carbocycles. The van der Waals surface area contributed by atoms with E-state index >= 15 is 0 Å². The Morgan fingerprint density at radius 1 is 0.720 bits per heavy atom. The second-order valence-corrected chi connectivity index (χ2v) is 6.21. The van der Waals surface area contributed by atoms with E-state index in [1.54, 1.807) is 6.07 Å². The average Bonchev–Trinajstić information content (AvgIpc) is 2.64. The second kappa shape index (κ2) is 6.59. The summed E-state index contributed by atoms with van der Waals surface area (Å²) in [7, 11) is 0. The molecule has 0 saturated heterocycles. The molecule has 1 aromatic heterocycles.